The largest absolute Gasteiger partial charge is 0.333 e. The minimum atomic E-state index is -0.520. The van der Waals surface area contributed by atoms with Crippen LogP contribution in [0.2, 0.25) is 0 Å². The van der Waals surface area contributed by atoms with Crippen LogP contribution in [-0.4, -0.2) is 25.2 Å². The molecular weight excluding hydrogens is 491 g/mol. The molecule has 2 aliphatic carbocycles. The van der Waals surface area contributed by atoms with Crippen molar-refractivity contribution in [2.75, 3.05) is 10.6 Å². The topological polar surface area (TPSA) is 93.8 Å². The zero-order valence-electron chi connectivity index (χ0n) is 20.8. The summed E-state index contributed by atoms with van der Waals surface area (Å²) >= 11 is 1.53. The molecule has 4 aromatic rings. The molecule has 2 aliphatic rings. The molecule has 2 bridgehead atoms. The minimum Gasteiger partial charge on any atom is -0.333 e. The van der Waals surface area contributed by atoms with Gasteiger partial charge in [-0.2, -0.15) is 5.10 Å². The first-order chi connectivity index (χ1) is 17.8. The Morgan fingerprint density at radius 3 is 2.81 bits per heavy atom. The molecule has 0 aliphatic heterocycles. The summed E-state index contributed by atoms with van der Waals surface area (Å²) in [5.74, 6) is 0.445. The third-order valence-corrected chi connectivity index (χ3v) is 8.79. The van der Waals surface area contributed by atoms with Gasteiger partial charge in [0, 0.05) is 36.4 Å². The molecule has 0 saturated heterocycles. The maximum atomic E-state index is 15.0. The number of halogens is 1. The highest BCUT2D eigenvalue weighted by molar-refractivity contribution is 7.14. The number of hydrogen-bond donors (Lipinski definition) is 2. The Kier molecular flexibility index (Phi) is 5.71. The Morgan fingerprint density at radius 2 is 2.05 bits per heavy atom. The van der Waals surface area contributed by atoms with Gasteiger partial charge in [0.15, 0.2) is 5.82 Å². The van der Waals surface area contributed by atoms with Crippen molar-refractivity contribution in [1.29, 1.82) is 0 Å². The van der Waals surface area contributed by atoms with E-state index in [1.165, 1.54) is 51.7 Å². The number of benzene rings is 1. The number of nitrogens with one attached hydrogen (secondary N) is 2. The van der Waals surface area contributed by atoms with E-state index in [2.05, 4.69) is 20.7 Å². The van der Waals surface area contributed by atoms with E-state index < -0.39 is 5.82 Å². The van der Waals surface area contributed by atoms with Gasteiger partial charge in [-0.1, -0.05) is 0 Å². The van der Waals surface area contributed by atoms with E-state index in [1.807, 2.05) is 13.0 Å². The van der Waals surface area contributed by atoms with Crippen LogP contribution in [0.1, 0.15) is 63.7 Å². The average molecular weight is 519 g/mol. The second kappa shape index (κ2) is 8.95. The van der Waals surface area contributed by atoms with E-state index in [4.69, 9.17) is 0 Å². The average Bonchev–Trinajstić information content (AvgIpc) is 3.66. The summed E-state index contributed by atoms with van der Waals surface area (Å²) in [6.07, 6.45) is 8.60. The molecule has 6 rings (SSSR count). The van der Waals surface area contributed by atoms with Gasteiger partial charge in [-0.15, -0.1) is 11.3 Å². The van der Waals surface area contributed by atoms with E-state index in [0.717, 1.165) is 0 Å². The van der Waals surface area contributed by atoms with Crippen LogP contribution in [0.3, 0.4) is 0 Å². The molecule has 0 radical (unpaired) electrons. The van der Waals surface area contributed by atoms with Gasteiger partial charge in [0.25, 0.3) is 11.5 Å². The number of hydrogen-bond acceptors (Lipinski definition) is 6. The number of nitrogens with zero attached hydrogens (tertiary/aromatic N) is 4. The number of carbonyl (C=O) groups is 1. The number of aromatic nitrogens is 4. The van der Waals surface area contributed by atoms with E-state index >= 15 is 0 Å². The molecule has 3 aromatic heterocycles. The molecule has 0 spiro atoms. The first kappa shape index (κ1) is 23.6. The Labute approximate surface area is 217 Å². The molecule has 1 fully saturated rings. The maximum absolute atomic E-state index is 15.0. The second-order valence-electron chi connectivity index (χ2n) is 9.79. The van der Waals surface area contributed by atoms with Crippen molar-refractivity contribution in [3.63, 3.8) is 0 Å². The van der Waals surface area contributed by atoms with Gasteiger partial charge in [-0.05, 0) is 74.3 Å². The summed E-state index contributed by atoms with van der Waals surface area (Å²) < 4.78 is 18.1. The molecule has 190 valence electrons. The van der Waals surface area contributed by atoms with Crippen LogP contribution in [0, 0.1) is 12.7 Å². The number of thiophene rings is 1. The zero-order chi connectivity index (χ0) is 25.8. The Bertz CT molecular complexity index is 1580. The predicted molar refractivity (Wildman–Crippen MR) is 142 cm³/mol. The van der Waals surface area contributed by atoms with E-state index in [0.29, 0.717) is 45.8 Å². The van der Waals surface area contributed by atoms with Crippen LogP contribution in [0.15, 0.2) is 41.6 Å². The van der Waals surface area contributed by atoms with Gasteiger partial charge in [-0.25, -0.2) is 9.37 Å². The van der Waals surface area contributed by atoms with Gasteiger partial charge < -0.3 is 15.2 Å². The normalized spacial score (nSPS) is 17.7. The molecule has 2 N–H and O–H groups in total. The smallest absolute Gasteiger partial charge is 0.293 e. The molecule has 1 amide bonds. The van der Waals surface area contributed by atoms with Crippen LogP contribution >= 0.6 is 11.3 Å². The standard InChI is InChI=1S/C27H27FN6O2S/c1-4-34-12-17(11-29-34)30-25-27(36)33(3)13-21(31-25)18-7-8-20(28)23(14(18)2)32-26(35)22-10-19-15-5-6-16(9-15)24(19)37-22/h7-8,10-13,15-16H,4-6,9H2,1-3H3,(H,30,31)(H,32,35). The van der Waals surface area contributed by atoms with Crippen molar-refractivity contribution in [3.05, 3.63) is 73.8 Å². The number of aryl methyl sites for hydroxylation is 2. The lowest BCUT2D eigenvalue weighted by Crippen LogP contribution is -2.21. The number of amides is 1. The Morgan fingerprint density at radius 1 is 1.24 bits per heavy atom. The van der Waals surface area contributed by atoms with Crippen LogP contribution in [0.5, 0.6) is 0 Å². The molecule has 2 atom stereocenters. The second-order valence-corrected chi connectivity index (χ2v) is 10.9. The molecule has 37 heavy (non-hydrogen) atoms. The van der Waals surface area contributed by atoms with Crippen LogP contribution in [0.4, 0.5) is 21.6 Å². The molecule has 8 nitrogen and oxygen atoms in total. The first-order valence-electron chi connectivity index (χ1n) is 12.4. The minimum absolute atomic E-state index is 0.119. The lowest BCUT2D eigenvalue weighted by molar-refractivity contribution is 0.103. The van der Waals surface area contributed by atoms with Crippen molar-refractivity contribution in [2.45, 2.75) is 51.5 Å². The first-order valence-corrected chi connectivity index (χ1v) is 13.3. The summed E-state index contributed by atoms with van der Waals surface area (Å²) in [5, 5.41) is 10.1. The summed E-state index contributed by atoms with van der Waals surface area (Å²) in [5.41, 5.74) is 3.39. The summed E-state index contributed by atoms with van der Waals surface area (Å²) in [7, 11) is 1.64. The number of carbonyl (C=O) groups excluding carboxylic acids is 1. The SMILES string of the molecule is CCn1cc(Nc2nc(-c3ccc(F)c(NC(=O)c4cc5c(s4)C4CCC5C4)c3C)cn(C)c2=O)cn1. The molecule has 2 unspecified atom stereocenters. The molecule has 10 heteroatoms. The lowest BCUT2D eigenvalue weighted by atomic mass is 9.99. The zero-order valence-corrected chi connectivity index (χ0v) is 21.7. The quantitative estimate of drug-likeness (QED) is 0.350. The third kappa shape index (κ3) is 4.05. The third-order valence-electron chi connectivity index (χ3n) is 7.48. The fourth-order valence-corrected chi connectivity index (χ4v) is 6.80. The van der Waals surface area contributed by atoms with Crippen molar-refractivity contribution in [2.24, 2.45) is 7.05 Å². The molecule has 1 aromatic carbocycles. The summed E-state index contributed by atoms with van der Waals surface area (Å²) in [6.45, 7) is 4.41. The van der Waals surface area contributed by atoms with Crippen LogP contribution in [0.25, 0.3) is 11.3 Å². The molecule has 1 saturated carbocycles. The maximum Gasteiger partial charge on any atom is 0.293 e. The Balaban J connectivity index is 1.31. The van der Waals surface area contributed by atoms with E-state index in [1.54, 1.807) is 43.3 Å². The fourth-order valence-electron chi connectivity index (χ4n) is 5.51. The van der Waals surface area contributed by atoms with E-state index in [9.17, 15) is 14.0 Å². The van der Waals surface area contributed by atoms with Crippen LogP contribution in [-0.2, 0) is 13.6 Å². The molecular formula is C27H27FN6O2S. The van der Waals surface area contributed by atoms with Gasteiger partial charge in [0.05, 0.1) is 28.1 Å². The Hall–Kier alpha value is -3.79. The summed E-state index contributed by atoms with van der Waals surface area (Å²) in [6, 6.07) is 4.92. The van der Waals surface area contributed by atoms with Gasteiger partial charge in [0.1, 0.15) is 5.82 Å². The van der Waals surface area contributed by atoms with Crippen molar-refractivity contribution < 1.29 is 9.18 Å². The van der Waals surface area contributed by atoms with Gasteiger partial charge >= 0.3 is 0 Å². The van der Waals surface area contributed by atoms with Crippen molar-refractivity contribution in [3.8, 4) is 11.3 Å². The monoisotopic (exact) mass is 518 g/mol. The van der Waals surface area contributed by atoms with Crippen LogP contribution < -0.4 is 16.2 Å². The number of anilines is 3. The van der Waals surface area contributed by atoms with Gasteiger partial charge in [-0.3, -0.25) is 14.3 Å². The van der Waals surface area contributed by atoms with Crippen molar-refractivity contribution in [1.82, 2.24) is 19.3 Å². The highest BCUT2D eigenvalue weighted by Gasteiger charge is 2.39. The molecule has 3 heterocycles. The lowest BCUT2D eigenvalue weighted by Gasteiger charge is -2.15. The fraction of sp³-hybridized carbons (Fsp3) is 0.333. The number of fused-ring (bicyclic) bond motifs is 5. The highest BCUT2D eigenvalue weighted by Crippen LogP contribution is 2.56. The summed E-state index contributed by atoms with van der Waals surface area (Å²) in [4.78, 5) is 32.4. The number of rotatable bonds is 6. The van der Waals surface area contributed by atoms with Gasteiger partial charge in [0.2, 0.25) is 0 Å². The predicted octanol–water partition coefficient (Wildman–Crippen LogP) is 5.53. The van der Waals surface area contributed by atoms with Crippen molar-refractivity contribution >= 4 is 34.4 Å². The van der Waals surface area contributed by atoms with E-state index in [-0.39, 0.29) is 23.0 Å². The highest BCUT2D eigenvalue weighted by atomic mass is 32.1.